The molecule has 0 aromatic heterocycles. The zero-order valence-electron chi connectivity index (χ0n) is 9.37. The van der Waals surface area contributed by atoms with Crippen molar-refractivity contribution in [3.05, 3.63) is 0 Å². The molecule has 0 saturated carbocycles. The van der Waals surface area contributed by atoms with Crippen LogP contribution in [0.4, 0.5) is 0 Å². The molecule has 0 aliphatic carbocycles. The third-order valence-electron chi connectivity index (χ3n) is 1.57. The van der Waals surface area contributed by atoms with Crippen LogP contribution in [-0.2, 0) is 35.3 Å². The van der Waals surface area contributed by atoms with E-state index in [1.807, 2.05) is 0 Å². The molecule has 2 atom stereocenters. The predicted octanol–water partition coefficient (Wildman–Crippen LogP) is -0.856. The van der Waals surface area contributed by atoms with Crippen molar-refractivity contribution in [2.45, 2.75) is 12.5 Å². The highest BCUT2D eigenvalue weighted by atomic mass is 32.2. The van der Waals surface area contributed by atoms with Gasteiger partial charge in [-0.25, -0.2) is 8.42 Å². The van der Waals surface area contributed by atoms with Crippen LogP contribution in [0.15, 0.2) is 0 Å². The van der Waals surface area contributed by atoms with Crippen molar-refractivity contribution < 1.29 is 25.6 Å². The molecule has 1 heterocycles. The molecule has 1 fully saturated rings. The molecule has 0 bridgehead atoms. The molecule has 0 aromatic carbocycles. The van der Waals surface area contributed by atoms with Crippen LogP contribution in [0.2, 0.25) is 0 Å². The molecular weight excluding hydrogens is 276 g/mol. The van der Waals surface area contributed by atoms with Crippen molar-refractivity contribution in [2.75, 3.05) is 30.3 Å². The first-order valence-electron chi connectivity index (χ1n) is 4.35. The Labute approximate surface area is 99.6 Å². The minimum Gasteiger partial charge on any atom is -0.748 e. The van der Waals surface area contributed by atoms with E-state index in [1.165, 1.54) is 0 Å². The van der Waals surface area contributed by atoms with Crippen LogP contribution in [0, 0.1) is 0 Å². The first kappa shape index (κ1) is 16.2. The maximum absolute atomic E-state index is 10.7. The van der Waals surface area contributed by atoms with E-state index in [1.54, 1.807) is 0 Å². The van der Waals surface area contributed by atoms with Gasteiger partial charge in [-0.3, -0.25) is 4.18 Å². The van der Waals surface area contributed by atoms with E-state index in [2.05, 4.69) is 6.26 Å². The van der Waals surface area contributed by atoms with Crippen molar-refractivity contribution in [1.29, 1.82) is 0 Å². The van der Waals surface area contributed by atoms with E-state index < -0.39 is 20.2 Å². The summed E-state index contributed by atoms with van der Waals surface area (Å²) in [6.07, 6.45) is 4.71. The molecule has 1 rings (SSSR count). The van der Waals surface area contributed by atoms with Gasteiger partial charge in [0.05, 0.1) is 22.6 Å². The first-order chi connectivity index (χ1) is 6.97. The SMILES string of the molecule is CS(=O)(=O)[O-].C[S+]1CCC(OS(C)(=O)=O)C1. The zero-order valence-corrected chi connectivity index (χ0v) is 11.8. The maximum Gasteiger partial charge on any atom is 0.264 e. The van der Waals surface area contributed by atoms with Crippen LogP contribution in [-0.4, -0.2) is 57.8 Å². The largest absolute Gasteiger partial charge is 0.748 e. The van der Waals surface area contributed by atoms with Crippen LogP contribution in [0.5, 0.6) is 0 Å². The van der Waals surface area contributed by atoms with Gasteiger partial charge in [0.15, 0.2) is 0 Å². The van der Waals surface area contributed by atoms with Gasteiger partial charge in [0, 0.05) is 12.7 Å². The van der Waals surface area contributed by atoms with E-state index >= 15 is 0 Å². The monoisotopic (exact) mass is 292 g/mol. The zero-order chi connectivity index (χ0) is 13.0. The molecule has 1 saturated heterocycles. The second-order valence-electron chi connectivity index (χ2n) is 3.57. The summed E-state index contributed by atoms with van der Waals surface area (Å²) in [5.74, 6) is 2.02. The summed E-state index contributed by atoms with van der Waals surface area (Å²) in [4.78, 5) is 0. The molecule has 6 nitrogen and oxygen atoms in total. The Bertz CT molecular complexity index is 390. The molecule has 16 heavy (non-hydrogen) atoms. The van der Waals surface area contributed by atoms with Gasteiger partial charge in [0.2, 0.25) is 0 Å². The normalized spacial score (nSPS) is 26.0. The fourth-order valence-electron chi connectivity index (χ4n) is 1.14. The molecule has 9 heteroatoms. The van der Waals surface area contributed by atoms with Crippen molar-refractivity contribution in [3.63, 3.8) is 0 Å². The highest BCUT2D eigenvalue weighted by molar-refractivity contribution is 7.96. The number of hydrogen-bond donors (Lipinski definition) is 0. The Morgan fingerprint density at radius 3 is 1.94 bits per heavy atom. The molecular formula is C7H16O6S3. The van der Waals surface area contributed by atoms with Crippen LogP contribution in [0.25, 0.3) is 0 Å². The van der Waals surface area contributed by atoms with Crippen LogP contribution < -0.4 is 0 Å². The van der Waals surface area contributed by atoms with Gasteiger partial charge < -0.3 is 4.55 Å². The number of hydrogen-bond acceptors (Lipinski definition) is 6. The fourth-order valence-corrected chi connectivity index (χ4v) is 3.59. The van der Waals surface area contributed by atoms with Gasteiger partial charge in [-0.15, -0.1) is 0 Å². The molecule has 98 valence electrons. The molecule has 0 spiro atoms. The van der Waals surface area contributed by atoms with Crippen LogP contribution in [0.1, 0.15) is 6.42 Å². The lowest BCUT2D eigenvalue weighted by Crippen LogP contribution is -2.18. The minimum atomic E-state index is -3.92. The number of rotatable bonds is 2. The second kappa shape index (κ2) is 6.20. The summed E-state index contributed by atoms with van der Waals surface area (Å²) in [6, 6.07) is 0. The molecule has 0 N–H and O–H groups in total. The van der Waals surface area contributed by atoms with Crippen molar-refractivity contribution in [3.8, 4) is 0 Å². The minimum absolute atomic E-state index is 0.0432. The summed E-state index contributed by atoms with van der Waals surface area (Å²) in [5.41, 5.74) is 0. The Hall–Kier alpha value is 0.170. The third kappa shape index (κ3) is 12.2. The molecule has 1 aliphatic rings. The predicted molar refractivity (Wildman–Crippen MR) is 63.0 cm³/mol. The lowest BCUT2D eigenvalue weighted by molar-refractivity contribution is 0.239. The fraction of sp³-hybridized carbons (Fsp3) is 1.00. The summed E-state index contributed by atoms with van der Waals surface area (Å²) < 4.78 is 53.4. The summed E-state index contributed by atoms with van der Waals surface area (Å²) >= 11 is 0. The van der Waals surface area contributed by atoms with Crippen LogP contribution >= 0.6 is 0 Å². The highest BCUT2D eigenvalue weighted by Crippen LogP contribution is 2.16. The molecule has 0 radical (unpaired) electrons. The quantitative estimate of drug-likeness (QED) is 0.373. The maximum atomic E-state index is 10.7. The first-order valence-corrected chi connectivity index (χ1v) is 9.96. The molecule has 0 amide bonds. The molecule has 2 unspecified atom stereocenters. The van der Waals surface area contributed by atoms with Gasteiger partial charge in [-0.05, 0) is 10.9 Å². The van der Waals surface area contributed by atoms with E-state index in [9.17, 15) is 8.42 Å². The van der Waals surface area contributed by atoms with Gasteiger partial charge in [-0.1, -0.05) is 0 Å². The second-order valence-corrected chi connectivity index (χ2v) is 8.88. The van der Waals surface area contributed by atoms with E-state index in [0.717, 1.165) is 24.2 Å². The van der Waals surface area contributed by atoms with Crippen molar-refractivity contribution >= 4 is 31.1 Å². The highest BCUT2D eigenvalue weighted by Gasteiger charge is 2.31. The van der Waals surface area contributed by atoms with Crippen molar-refractivity contribution in [1.82, 2.24) is 0 Å². The Morgan fingerprint density at radius 1 is 1.25 bits per heavy atom. The smallest absolute Gasteiger partial charge is 0.264 e. The average Bonchev–Trinajstić information content (AvgIpc) is 2.27. The Morgan fingerprint density at radius 2 is 1.69 bits per heavy atom. The molecule has 1 aliphatic heterocycles. The van der Waals surface area contributed by atoms with Gasteiger partial charge >= 0.3 is 0 Å². The van der Waals surface area contributed by atoms with E-state index in [0.29, 0.717) is 17.2 Å². The van der Waals surface area contributed by atoms with Gasteiger partial charge in [0.25, 0.3) is 10.1 Å². The summed E-state index contributed by atoms with van der Waals surface area (Å²) in [7, 11) is -6.77. The van der Waals surface area contributed by atoms with Crippen molar-refractivity contribution in [2.24, 2.45) is 0 Å². The van der Waals surface area contributed by atoms with E-state index in [4.69, 9.17) is 17.2 Å². The van der Waals surface area contributed by atoms with Gasteiger partial charge in [0.1, 0.15) is 17.6 Å². The third-order valence-corrected chi connectivity index (χ3v) is 4.06. The lowest BCUT2D eigenvalue weighted by atomic mass is 10.3. The van der Waals surface area contributed by atoms with Gasteiger partial charge in [-0.2, -0.15) is 8.42 Å². The summed E-state index contributed by atoms with van der Waals surface area (Å²) in [5, 5.41) is 0. The standard InChI is InChI=1S/C6H13O3S2.CH4O3S/c1-10-4-3-6(5-10)9-11(2,7)8;1-5(2,3)4/h6H,3-5H2,1-2H3;1H3,(H,2,3,4)/q+1;/p-1. The summed E-state index contributed by atoms with van der Waals surface area (Å²) in [6.45, 7) is 0. The average molecular weight is 292 g/mol. The topological polar surface area (TPSA) is 101 Å². The van der Waals surface area contributed by atoms with Crippen LogP contribution in [0.3, 0.4) is 0 Å². The Kier molecular flexibility index (Phi) is 6.26. The Balaban J connectivity index is 0.000000385. The molecule has 0 aromatic rings. The lowest BCUT2D eigenvalue weighted by Gasteiger charge is -2.03. The van der Waals surface area contributed by atoms with E-state index in [-0.39, 0.29) is 6.10 Å².